The summed E-state index contributed by atoms with van der Waals surface area (Å²) in [6, 6.07) is 6.10. The van der Waals surface area contributed by atoms with Gasteiger partial charge in [-0.25, -0.2) is 4.98 Å². The molecule has 0 spiro atoms. The van der Waals surface area contributed by atoms with Crippen molar-refractivity contribution in [1.29, 1.82) is 0 Å². The average molecular weight is 488 g/mol. The summed E-state index contributed by atoms with van der Waals surface area (Å²) in [6.45, 7) is 7.30. The van der Waals surface area contributed by atoms with Gasteiger partial charge in [-0.15, -0.1) is 0 Å². The Balaban J connectivity index is 1.52. The second kappa shape index (κ2) is 9.20. The maximum atomic E-state index is 13.4. The SMILES string of the molecule is C/C=c1/cc(-c2nc3cc(C(=O)N4CCCC(N)C4)cc4c3n2CCC4O)n(CC2CC2)/c1=C/CC. The standard InChI is InChI=1S/C29H37N5O2/c1-3-6-24-19(4-2)15-25(34(24)16-18-8-9-18)28-31-23-14-20(29(36)32-11-5-7-21(30)17-32)13-22-26(35)10-12-33(28)27(22)23/h4,6,13-15,18,21,26,35H,3,5,7-12,16-17,30H2,1-2H3/b19-4-,24-6+. The smallest absolute Gasteiger partial charge is 0.253 e. The first kappa shape index (κ1) is 23.5. The Morgan fingerprint density at radius 1 is 1.19 bits per heavy atom. The number of nitrogens with zero attached hydrogens (tertiary/aromatic N) is 4. The normalized spacial score (nSPS) is 23.2. The lowest BCUT2D eigenvalue weighted by Crippen LogP contribution is -2.45. The number of hydrogen-bond donors (Lipinski definition) is 2. The first-order valence-corrected chi connectivity index (χ1v) is 13.6. The number of benzene rings is 1. The third-order valence-corrected chi connectivity index (χ3v) is 8.09. The molecule has 2 aromatic heterocycles. The Labute approximate surface area is 211 Å². The molecule has 190 valence electrons. The monoisotopic (exact) mass is 487 g/mol. The lowest BCUT2D eigenvalue weighted by molar-refractivity contribution is 0.0708. The summed E-state index contributed by atoms with van der Waals surface area (Å²) in [5.74, 6) is 1.65. The molecule has 2 atom stereocenters. The van der Waals surface area contributed by atoms with E-state index in [2.05, 4.69) is 41.2 Å². The predicted octanol–water partition coefficient (Wildman–Crippen LogP) is 2.91. The van der Waals surface area contributed by atoms with E-state index in [1.165, 1.54) is 23.4 Å². The van der Waals surface area contributed by atoms with Gasteiger partial charge in [0.15, 0.2) is 5.82 Å². The first-order valence-electron chi connectivity index (χ1n) is 13.6. The van der Waals surface area contributed by atoms with Crippen LogP contribution in [0.1, 0.15) is 74.4 Å². The lowest BCUT2D eigenvalue weighted by Gasteiger charge is -2.31. The summed E-state index contributed by atoms with van der Waals surface area (Å²) >= 11 is 0. The lowest BCUT2D eigenvalue weighted by atomic mass is 9.97. The summed E-state index contributed by atoms with van der Waals surface area (Å²) in [4.78, 5) is 20.4. The fraction of sp³-hybridized carbons (Fsp3) is 0.517. The molecule has 7 nitrogen and oxygen atoms in total. The highest BCUT2D eigenvalue weighted by molar-refractivity contribution is 5.99. The minimum Gasteiger partial charge on any atom is -0.388 e. The Bertz CT molecular complexity index is 1440. The van der Waals surface area contributed by atoms with E-state index in [1.54, 1.807) is 0 Å². The zero-order valence-electron chi connectivity index (χ0n) is 21.4. The second-order valence-electron chi connectivity index (χ2n) is 10.8. The van der Waals surface area contributed by atoms with Crippen molar-refractivity contribution >= 4 is 29.1 Å². The fourth-order valence-corrected chi connectivity index (χ4v) is 6.05. The van der Waals surface area contributed by atoms with Gasteiger partial charge in [-0.3, -0.25) is 4.79 Å². The average Bonchev–Trinajstić information content (AvgIpc) is 3.54. The van der Waals surface area contributed by atoms with Crippen LogP contribution in [0.25, 0.3) is 34.7 Å². The number of amides is 1. The maximum Gasteiger partial charge on any atom is 0.253 e. The largest absolute Gasteiger partial charge is 0.388 e. The molecular weight excluding hydrogens is 450 g/mol. The van der Waals surface area contributed by atoms with Crippen molar-refractivity contribution in [2.75, 3.05) is 13.1 Å². The van der Waals surface area contributed by atoms with E-state index < -0.39 is 6.10 Å². The van der Waals surface area contributed by atoms with Crippen molar-refractivity contribution < 1.29 is 9.90 Å². The van der Waals surface area contributed by atoms with Crippen molar-refractivity contribution in [2.24, 2.45) is 11.7 Å². The van der Waals surface area contributed by atoms with E-state index in [-0.39, 0.29) is 11.9 Å². The predicted molar refractivity (Wildman–Crippen MR) is 143 cm³/mol. The number of aromatic nitrogens is 3. The molecule has 1 amide bonds. The van der Waals surface area contributed by atoms with E-state index in [1.807, 2.05) is 17.0 Å². The van der Waals surface area contributed by atoms with Crippen LogP contribution >= 0.6 is 0 Å². The van der Waals surface area contributed by atoms with Crippen LogP contribution in [0.2, 0.25) is 0 Å². The molecule has 1 saturated heterocycles. The highest BCUT2D eigenvalue weighted by Crippen LogP contribution is 2.37. The van der Waals surface area contributed by atoms with E-state index >= 15 is 0 Å². The molecule has 1 aromatic carbocycles. The number of rotatable bonds is 5. The summed E-state index contributed by atoms with van der Waals surface area (Å²) in [7, 11) is 0. The van der Waals surface area contributed by atoms with Gasteiger partial charge >= 0.3 is 0 Å². The van der Waals surface area contributed by atoms with Gasteiger partial charge in [-0.1, -0.05) is 19.1 Å². The number of carbonyl (C=O) groups is 1. The van der Waals surface area contributed by atoms with Gasteiger partial charge in [-0.05, 0) is 74.8 Å². The van der Waals surface area contributed by atoms with E-state index in [0.717, 1.165) is 66.4 Å². The molecule has 3 N–H and O–H groups in total. The van der Waals surface area contributed by atoms with Crippen LogP contribution in [0.3, 0.4) is 0 Å². The van der Waals surface area contributed by atoms with Crippen LogP contribution in [0.15, 0.2) is 18.2 Å². The molecule has 0 bridgehead atoms. The van der Waals surface area contributed by atoms with Gasteiger partial charge in [-0.2, -0.15) is 0 Å². The number of piperidine rings is 1. The van der Waals surface area contributed by atoms with E-state index in [0.29, 0.717) is 25.1 Å². The van der Waals surface area contributed by atoms with Crippen LogP contribution in [0, 0.1) is 5.92 Å². The quantitative estimate of drug-likeness (QED) is 0.579. The third kappa shape index (κ3) is 3.98. The summed E-state index contributed by atoms with van der Waals surface area (Å²) in [5, 5.41) is 13.5. The first-order chi connectivity index (χ1) is 17.5. The number of likely N-dealkylation sites (tertiary alicyclic amines) is 1. The second-order valence-corrected chi connectivity index (χ2v) is 10.8. The Hall–Kier alpha value is -2.90. The molecule has 36 heavy (non-hydrogen) atoms. The van der Waals surface area contributed by atoms with Gasteiger partial charge < -0.3 is 24.9 Å². The van der Waals surface area contributed by atoms with Crippen molar-refractivity contribution in [3.05, 3.63) is 39.9 Å². The molecule has 7 heteroatoms. The minimum atomic E-state index is -0.595. The fourth-order valence-electron chi connectivity index (χ4n) is 6.05. The number of aliphatic hydroxyl groups excluding tert-OH is 1. The van der Waals surface area contributed by atoms with E-state index in [4.69, 9.17) is 10.7 Å². The molecule has 2 aliphatic heterocycles. The van der Waals surface area contributed by atoms with Crippen LogP contribution in [0.5, 0.6) is 0 Å². The van der Waals surface area contributed by atoms with Crippen molar-refractivity contribution in [1.82, 2.24) is 19.0 Å². The van der Waals surface area contributed by atoms with E-state index in [9.17, 15) is 9.90 Å². The third-order valence-electron chi connectivity index (χ3n) is 8.09. The highest BCUT2D eigenvalue weighted by Gasteiger charge is 2.30. The molecule has 2 unspecified atom stereocenters. The number of imidazole rings is 1. The zero-order chi connectivity index (χ0) is 25.0. The van der Waals surface area contributed by atoms with Gasteiger partial charge in [0.25, 0.3) is 5.91 Å². The molecule has 0 radical (unpaired) electrons. The number of aliphatic hydroxyl groups is 1. The number of hydrogen-bond acceptors (Lipinski definition) is 4. The van der Waals surface area contributed by atoms with Crippen molar-refractivity contribution in [3.63, 3.8) is 0 Å². The number of aryl methyl sites for hydroxylation is 1. The molecule has 3 aliphatic rings. The highest BCUT2D eigenvalue weighted by atomic mass is 16.3. The molecule has 3 aromatic rings. The molecule has 1 saturated carbocycles. The topological polar surface area (TPSA) is 89.3 Å². The zero-order valence-corrected chi connectivity index (χ0v) is 21.4. The Morgan fingerprint density at radius 3 is 2.75 bits per heavy atom. The van der Waals surface area contributed by atoms with Crippen molar-refractivity contribution in [3.8, 4) is 11.5 Å². The van der Waals surface area contributed by atoms with Crippen LogP contribution in [0.4, 0.5) is 0 Å². The molecular formula is C29H37N5O2. The van der Waals surface area contributed by atoms with Gasteiger partial charge in [0.1, 0.15) is 0 Å². The summed E-state index contributed by atoms with van der Waals surface area (Å²) in [5.41, 5.74) is 10.4. The Kier molecular flexibility index (Phi) is 6.00. The number of carbonyl (C=O) groups excluding carboxylic acids is 1. The van der Waals surface area contributed by atoms with Gasteiger partial charge in [0.2, 0.25) is 0 Å². The van der Waals surface area contributed by atoms with Crippen LogP contribution < -0.4 is 16.3 Å². The Morgan fingerprint density at radius 2 is 2.03 bits per heavy atom. The molecule has 6 rings (SSSR count). The van der Waals surface area contributed by atoms with Crippen molar-refractivity contribution in [2.45, 2.75) is 77.6 Å². The minimum absolute atomic E-state index is 0.0167. The van der Waals surface area contributed by atoms with Crippen LogP contribution in [-0.2, 0) is 13.1 Å². The maximum absolute atomic E-state index is 13.4. The number of nitrogens with two attached hydrogens (primary N) is 1. The summed E-state index contributed by atoms with van der Waals surface area (Å²) in [6.07, 6.45) is 9.94. The summed E-state index contributed by atoms with van der Waals surface area (Å²) < 4.78 is 4.71. The van der Waals surface area contributed by atoms with Crippen LogP contribution in [-0.4, -0.2) is 49.2 Å². The van der Waals surface area contributed by atoms with Gasteiger partial charge in [0, 0.05) is 48.7 Å². The molecule has 2 fully saturated rings. The van der Waals surface area contributed by atoms with Gasteiger partial charge in [0.05, 0.1) is 22.8 Å². The molecule has 4 heterocycles. The molecule has 1 aliphatic carbocycles.